The third-order valence-corrected chi connectivity index (χ3v) is 6.70. The van der Waals surface area contributed by atoms with E-state index in [1.807, 2.05) is 6.20 Å². The van der Waals surface area contributed by atoms with Gasteiger partial charge in [0.05, 0.1) is 5.69 Å². The van der Waals surface area contributed by atoms with E-state index in [9.17, 15) is 0 Å². The summed E-state index contributed by atoms with van der Waals surface area (Å²) in [6.07, 6.45) is 6.73. The lowest BCUT2D eigenvalue weighted by atomic mass is 9.76. The number of benzene rings is 1. The molecule has 1 atom stereocenters. The molecule has 4 rings (SSSR count). The van der Waals surface area contributed by atoms with Crippen LogP contribution >= 0.6 is 38.5 Å². The van der Waals surface area contributed by atoms with Gasteiger partial charge in [0, 0.05) is 20.2 Å². The van der Waals surface area contributed by atoms with Crippen LogP contribution in [-0.4, -0.2) is 18.1 Å². The fraction of sp³-hybridized carbons (Fsp3) is 0.450. The molecule has 2 aromatic rings. The molecule has 2 aliphatic rings. The molecule has 2 nitrogen and oxygen atoms in total. The van der Waals surface area contributed by atoms with Crippen LogP contribution in [0.5, 0.6) is 0 Å². The Kier molecular flexibility index (Phi) is 4.98. The molecule has 1 fully saturated rings. The van der Waals surface area contributed by atoms with Crippen molar-refractivity contribution in [1.29, 1.82) is 0 Å². The molecule has 1 saturated heterocycles. The number of nitrogens with one attached hydrogen (secondary N) is 1. The van der Waals surface area contributed by atoms with Crippen molar-refractivity contribution in [3.8, 4) is 0 Å². The second-order valence-electron chi connectivity index (χ2n) is 7.08. The average Bonchev–Trinajstić information content (AvgIpc) is 2.72. The molecule has 1 unspecified atom stereocenters. The first-order chi connectivity index (χ1) is 11.6. The summed E-state index contributed by atoms with van der Waals surface area (Å²) < 4.78 is 2.52. The smallest absolute Gasteiger partial charge is 0.0514 e. The minimum atomic E-state index is 0.423. The van der Waals surface area contributed by atoms with Crippen molar-refractivity contribution >= 4 is 38.5 Å². The molecule has 4 heteroatoms. The minimum Gasteiger partial charge on any atom is -0.317 e. The molecule has 1 aromatic carbocycles. The largest absolute Gasteiger partial charge is 0.317 e. The SMILES string of the molecule is Cc1cc(Br)c2c(c1)CCc1cc(I)cnc1C2C1CCNCC1. The summed E-state index contributed by atoms with van der Waals surface area (Å²) in [6, 6.07) is 7.03. The van der Waals surface area contributed by atoms with Gasteiger partial charge in [-0.1, -0.05) is 22.0 Å². The molecule has 0 saturated carbocycles. The van der Waals surface area contributed by atoms with Gasteiger partial charge < -0.3 is 5.32 Å². The van der Waals surface area contributed by atoms with Crippen LogP contribution in [0.3, 0.4) is 0 Å². The van der Waals surface area contributed by atoms with E-state index >= 15 is 0 Å². The van der Waals surface area contributed by atoms with Crippen molar-refractivity contribution in [1.82, 2.24) is 10.3 Å². The molecule has 0 spiro atoms. The normalized spacial score (nSPS) is 21.0. The predicted octanol–water partition coefficient (Wildman–Crippen LogP) is 4.99. The molecule has 24 heavy (non-hydrogen) atoms. The Labute approximate surface area is 166 Å². The van der Waals surface area contributed by atoms with Gasteiger partial charge in [0.25, 0.3) is 0 Å². The number of hydrogen-bond donors (Lipinski definition) is 1. The van der Waals surface area contributed by atoms with E-state index in [-0.39, 0.29) is 0 Å². The van der Waals surface area contributed by atoms with Crippen LogP contribution in [0.15, 0.2) is 28.9 Å². The van der Waals surface area contributed by atoms with Crippen LogP contribution in [0.2, 0.25) is 0 Å². The predicted molar refractivity (Wildman–Crippen MR) is 111 cm³/mol. The highest BCUT2D eigenvalue weighted by Gasteiger charge is 2.34. The monoisotopic (exact) mass is 496 g/mol. The highest BCUT2D eigenvalue weighted by Crippen LogP contribution is 2.44. The number of aryl methyl sites for hydroxylation is 3. The Bertz CT molecular complexity index is 768. The number of rotatable bonds is 1. The number of halogens is 2. The van der Waals surface area contributed by atoms with Crippen molar-refractivity contribution < 1.29 is 0 Å². The molecule has 1 aliphatic heterocycles. The standard InChI is InChI=1S/C20H22BrIN2/c1-12-8-14-2-3-15-10-16(22)11-24-20(15)19(18(14)17(21)9-12)13-4-6-23-7-5-13/h8-11,13,19,23H,2-7H2,1H3. The highest BCUT2D eigenvalue weighted by molar-refractivity contribution is 14.1. The van der Waals surface area contributed by atoms with E-state index in [2.05, 4.69) is 69.0 Å². The van der Waals surface area contributed by atoms with Gasteiger partial charge in [0.1, 0.15) is 0 Å². The summed E-state index contributed by atoms with van der Waals surface area (Å²) in [5.41, 5.74) is 7.13. The zero-order valence-corrected chi connectivity index (χ0v) is 17.7. The first-order valence-corrected chi connectivity index (χ1v) is 10.6. The Morgan fingerprint density at radius 2 is 1.88 bits per heavy atom. The number of hydrogen-bond acceptors (Lipinski definition) is 2. The van der Waals surface area contributed by atoms with Gasteiger partial charge in [-0.05, 0) is 109 Å². The fourth-order valence-corrected chi connectivity index (χ4v) is 5.77. The van der Waals surface area contributed by atoms with Gasteiger partial charge in [-0.15, -0.1) is 0 Å². The molecular weight excluding hydrogens is 475 g/mol. The topological polar surface area (TPSA) is 24.9 Å². The van der Waals surface area contributed by atoms with E-state index < -0.39 is 0 Å². The summed E-state index contributed by atoms with van der Waals surface area (Å²) in [7, 11) is 0. The Morgan fingerprint density at radius 1 is 1.12 bits per heavy atom. The lowest BCUT2D eigenvalue weighted by molar-refractivity contribution is 0.338. The van der Waals surface area contributed by atoms with E-state index in [0.717, 1.165) is 25.9 Å². The molecule has 126 valence electrons. The Hall–Kier alpha value is -0.460. The second-order valence-corrected chi connectivity index (χ2v) is 9.18. The molecule has 0 amide bonds. The number of nitrogens with zero attached hydrogens (tertiary/aromatic N) is 1. The lowest BCUT2D eigenvalue weighted by Gasteiger charge is -2.32. The van der Waals surface area contributed by atoms with Gasteiger partial charge in [0.2, 0.25) is 0 Å². The molecule has 0 bridgehead atoms. The number of aromatic nitrogens is 1. The summed E-state index contributed by atoms with van der Waals surface area (Å²) in [6.45, 7) is 4.45. The summed E-state index contributed by atoms with van der Waals surface area (Å²) in [4.78, 5) is 4.95. The minimum absolute atomic E-state index is 0.423. The molecule has 0 radical (unpaired) electrons. The van der Waals surface area contributed by atoms with Crippen LogP contribution in [-0.2, 0) is 12.8 Å². The van der Waals surface area contributed by atoms with Gasteiger partial charge in [0.15, 0.2) is 0 Å². The van der Waals surface area contributed by atoms with Crippen molar-refractivity contribution in [2.75, 3.05) is 13.1 Å². The average molecular weight is 497 g/mol. The number of piperidine rings is 1. The molecule has 1 aliphatic carbocycles. The first kappa shape index (κ1) is 17.0. The van der Waals surface area contributed by atoms with Crippen LogP contribution in [0.25, 0.3) is 0 Å². The lowest BCUT2D eigenvalue weighted by Crippen LogP contribution is -2.32. The maximum absolute atomic E-state index is 4.95. The second kappa shape index (κ2) is 7.04. The van der Waals surface area contributed by atoms with Crippen molar-refractivity contribution in [3.63, 3.8) is 0 Å². The Morgan fingerprint density at radius 3 is 2.67 bits per heavy atom. The van der Waals surface area contributed by atoms with Crippen LogP contribution in [0.4, 0.5) is 0 Å². The van der Waals surface area contributed by atoms with Crippen LogP contribution in [0, 0.1) is 16.4 Å². The summed E-state index contributed by atoms with van der Waals surface area (Å²) >= 11 is 6.29. The van der Waals surface area contributed by atoms with E-state index in [0.29, 0.717) is 11.8 Å². The van der Waals surface area contributed by atoms with E-state index in [4.69, 9.17) is 4.98 Å². The quantitative estimate of drug-likeness (QED) is 0.563. The van der Waals surface area contributed by atoms with Gasteiger partial charge in [-0.2, -0.15) is 0 Å². The molecule has 2 heterocycles. The van der Waals surface area contributed by atoms with Crippen molar-refractivity contribution in [3.05, 3.63) is 60.4 Å². The third kappa shape index (κ3) is 3.17. The Balaban J connectivity index is 1.91. The number of fused-ring (bicyclic) bond motifs is 2. The van der Waals surface area contributed by atoms with Crippen LogP contribution in [0.1, 0.15) is 46.7 Å². The molecule has 1 N–H and O–H groups in total. The van der Waals surface area contributed by atoms with Gasteiger partial charge in [-0.25, -0.2) is 0 Å². The van der Waals surface area contributed by atoms with Crippen LogP contribution < -0.4 is 5.32 Å². The van der Waals surface area contributed by atoms with Gasteiger partial charge >= 0.3 is 0 Å². The van der Waals surface area contributed by atoms with E-state index in [1.165, 1.54) is 48.8 Å². The summed E-state index contributed by atoms with van der Waals surface area (Å²) in [5, 5.41) is 3.52. The zero-order valence-electron chi connectivity index (χ0n) is 13.9. The van der Waals surface area contributed by atoms with Gasteiger partial charge in [-0.3, -0.25) is 4.98 Å². The fourth-order valence-electron chi connectivity index (χ4n) is 4.40. The first-order valence-electron chi connectivity index (χ1n) is 8.77. The van der Waals surface area contributed by atoms with Crippen molar-refractivity contribution in [2.45, 2.75) is 38.5 Å². The molecular formula is C20H22BrIN2. The zero-order chi connectivity index (χ0) is 16.7. The summed E-state index contributed by atoms with van der Waals surface area (Å²) in [5.74, 6) is 1.10. The molecule has 1 aromatic heterocycles. The third-order valence-electron chi connectivity index (χ3n) is 5.45. The number of pyridine rings is 1. The van der Waals surface area contributed by atoms with E-state index in [1.54, 1.807) is 0 Å². The highest BCUT2D eigenvalue weighted by atomic mass is 127. The maximum atomic E-state index is 4.95. The van der Waals surface area contributed by atoms with Crippen molar-refractivity contribution in [2.24, 2.45) is 5.92 Å². The maximum Gasteiger partial charge on any atom is 0.0514 e.